The van der Waals surface area contributed by atoms with Gasteiger partial charge in [0, 0.05) is 31.2 Å². The van der Waals surface area contributed by atoms with E-state index in [1.165, 1.54) is 0 Å². The van der Waals surface area contributed by atoms with Crippen molar-refractivity contribution in [3.8, 4) is 17.2 Å². The van der Waals surface area contributed by atoms with Gasteiger partial charge in [-0.15, -0.1) is 0 Å². The molecule has 1 heterocycles. The van der Waals surface area contributed by atoms with Crippen LogP contribution in [-0.4, -0.2) is 47.8 Å². The third-order valence-corrected chi connectivity index (χ3v) is 5.04. The van der Waals surface area contributed by atoms with Crippen LogP contribution in [0.2, 0.25) is 0 Å². The normalized spacial score (nSPS) is 17.0. The summed E-state index contributed by atoms with van der Waals surface area (Å²) in [5.74, 6) is 1.29. The van der Waals surface area contributed by atoms with Gasteiger partial charge in [-0.05, 0) is 38.0 Å². The molecule has 148 valence electrons. The molecule has 0 bridgehead atoms. The van der Waals surface area contributed by atoms with E-state index in [1.54, 1.807) is 12.1 Å². The van der Waals surface area contributed by atoms with Crippen LogP contribution in [0.4, 0.5) is 0 Å². The first-order valence-corrected chi connectivity index (χ1v) is 9.86. The number of carbonyl (C=O) groups excluding carboxylic acids is 1. The van der Waals surface area contributed by atoms with Gasteiger partial charge in [-0.1, -0.05) is 24.3 Å². The van der Waals surface area contributed by atoms with Crippen molar-refractivity contribution >= 4 is 5.91 Å². The monoisotopic (exact) mass is 382 g/mol. The number of nitrogens with zero attached hydrogens (tertiary/aromatic N) is 1. The Balaban J connectivity index is 1.33. The maximum atomic E-state index is 12.4. The first-order chi connectivity index (χ1) is 13.6. The molecule has 1 aliphatic heterocycles. The van der Waals surface area contributed by atoms with Gasteiger partial charge in [0.1, 0.15) is 11.9 Å². The van der Waals surface area contributed by atoms with Crippen LogP contribution in [0.3, 0.4) is 0 Å². The average molecular weight is 382 g/mol. The lowest BCUT2D eigenvalue weighted by atomic mass is 10.1. The zero-order valence-corrected chi connectivity index (χ0v) is 16.1. The highest BCUT2D eigenvalue weighted by Crippen LogP contribution is 2.32. The summed E-state index contributed by atoms with van der Waals surface area (Å²) in [6, 6.07) is 13.3. The molecule has 2 aromatic rings. The van der Waals surface area contributed by atoms with Gasteiger partial charge >= 0.3 is 0 Å². The molecule has 1 saturated carbocycles. The van der Waals surface area contributed by atoms with E-state index >= 15 is 0 Å². The number of phenolic OH excluding ortho intramolecular Hbond substituents is 1. The Hall–Kier alpha value is -2.73. The summed E-state index contributed by atoms with van der Waals surface area (Å²) in [6.45, 7) is 4.54. The number of hydrogen-bond acceptors (Lipinski definition) is 5. The second-order valence-corrected chi connectivity index (χ2v) is 7.37. The van der Waals surface area contributed by atoms with Crippen LogP contribution in [0, 0.1) is 0 Å². The van der Waals surface area contributed by atoms with E-state index < -0.39 is 0 Å². The smallest absolute Gasteiger partial charge is 0.255 e. The number of nitrogens with one attached hydrogen (secondary N) is 1. The van der Waals surface area contributed by atoms with E-state index in [2.05, 4.69) is 10.2 Å². The number of amides is 1. The first-order valence-electron chi connectivity index (χ1n) is 9.86. The van der Waals surface area contributed by atoms with Crippen molar-refractivity contribution in [2.45, 2.75) is 38.5 Å². The fourth-order valence-corrected chi connectivity index (χ4v) is 3.36. The van der Waals surface area contributed by atoms with E-state index in [4.69, 9.17) is 9.47 Å². The topological polar surface area (TPSA) is 71.0 Å². The van der Waals surface area contributed by atoms with Crippen molar-refractivity contribution in [1.29, 1.82) is 0 Å². The molecule has 28 heavy (non-hydrogen) atoms. The molecule has 0 aromatic heterocycles. The van der Waals surface area contributed by atoms with E-state index in [1.807, 2.05) is 37.3 Å². The average Bonchev–Trinajstić information content (AvgIpc) is 3.47. The van der Waals surface area contributed by atoms with Gasteiger partial charge in [-0.25, -0.2) is 0 Å². The van der Waals surface area contributed by atoms with Gasteiger partial charge in [-0.3, -0.25) is 9.69 Å². The van der Waals surface area contributed by atoms with Crippen LogP contribution in [0.15, 0.2) is 42.5 Å². The molecule has 4 rings (SSSR count). The maximum Gasteiger partial charge on any atom is 0.255 e. The number of ether oxygens (including phenoxy) is 2. The Labute approximate surface area is 165 Å². The lowest BCUT2D eigenvalue weighted by Crippen LogP contribution is -2.53. The van der Waals surface area contributed by atoms with Gasteiger partial charge in [0.05, 0.1) is 12.2 Å². The number of likely N-dealkylation sites (tertiary alicyclic amines) is 1. The molecular formula is C22H26N2O4. The van der Waals surface area contributed by atoms with Crippen molar-refractivity contribution in [3.63, 3.8) is 0 Å². The summed E-state index contributed by atoms with van der Waals surface area (Å²) in [5.41, 5.74) is 1.43. The molecule has 1 saturated heterocycles. The molecule has 2 aliphatic rings. The van der Waals surface area contributed by atoms with Gasteiger partial charge in [0.2, 0.25) is 0 Å². The SMILES string of the molecule is CCOc1cccc(CN2CC(Oc3ccccc3C(=O)NC3CC3)C2)c1O. The molecule has 0 radical (unpaired) electrons. The lowest BCUT2D eigenvalue weighted by molar-refractivity contribution is 0.0136. The van der Waals surface area contributed by atoms with E-state index in [0.717, 1.165) is 31.5 Å². The summed E-state index contributed by atoms with van der Waals surface area (Å²) in [6.07, 6.45) is 2.15. The van der Waals surface area contributed by atoms with Crippen molar-refractivity contribution in [2.24, 2.45) is 0 Å². The van der Waals surface area contributed by atoms with Crippen LogP contribution in [0.1, 0.15) is 35.7 Å². The minimum absolute atomic E-state index is 0.0343. The van der Waals surface area contributed by atoms with Crippen molar-refractivity contribution in [1.82, 2.24) is 10.2 Å². The molecule has 0 atom stereocenters. The number of para-hydroxylation sites is 2. The van der Waals surface area contributed by atoms with Gasteiger partial charge in [-0.2, -0.15) is 0 Å². The standard InChI is InChI=1S/C22H26N2O4/c1-2-27-20-9-5-6-15(21(20)25)12-24-13-17(14-24)28-19-8-4-3-7-18(19)22(26)23-16-10-11-16/h3-9,16-17,25H,2,10-14H2,1H3,(H,23,26). The Bertz CT molecular complexity index is 844. The van der Waals surface area contributed by atoms with Crippen LogP contribution in [0.25, 0.3) is 0 Å². The summed E-state index contributed by atoms with van der Waals surface area (Å²) >= 11 is 0. The number of carbonyl (C=O) groups is 1. The zero-order valence-electron chi connectivity index (χ0n) is 16.1. The minimum atomic E-state index is -0.0630. The minimum Gasteiger partial charge on any atom is -0.504 e. The summed E-state index contributed by atoms with van der Waals surface area (Å²) in [7, 11) is 0. The van der Waals surface area contributed by atoms with Crippen LogP contribution >= 0.6 is 0 Å². The predicted molar refractivity (Wildman–Crippen MR) is 106 cm³/mol. The van der Waals surface area contributed by atoms with Gasteiger partial charge < -0.3 is 19.9 Å². The second kappa shape index (κ2) is 8.10. The molecule has 0 spiro atoms. The summed E-state index contributed by atoms with van der Waals surface area (Å²) < 4.78 is 11.5. The number of benzene rings is 2. The number of aromatic hydroxyl groups is 1. The second-order valence-electron chi connectivity index (χ2n) is 7.37. The van der Waals surface area contributed by atoms with E-state index in [9.17, 15) is 9.90 Å². The number of hydrogen-bond donors (Lipinski definition) is 2. The predicted octanol–water partition coefficient (Wildman–Crippen LogP) is 2.95. The molecule has 0 unspecified atom stereocenters. The highest BCUT2D eigenvalue weighted by atomic mass is 16.5. The summed E-state index contributed by atoms with van der Waals surface area (Å²) in [4.78, 5) is 14.6. The Morgan fingerprint density at radius 1 is 1.14 bits per heavy atom. The van der Waals surface area contributed by atoms with Gasteiger partial charge in [0.15, 0.2) is 11.5 Å². The first kappa shape index (κ1) is 18.6. The van der Waals surface area contributed by atoms with Crippen molar-refractivity contribution in [2.75, 3.05) is 19.7 Å². The Kier molecular flexibility index (Phi) is 5.39. The molecule has 2 N–H and O–H groups in total. The van der Waals surface area contributed by atoms with Crippen molar-refractivity contribution in [3.05, 3.63) is 53.6 Å². The Morgan fingerprint density at radius 2 is 1.89 bits per heavy atom. The zero-order chi connectivity index (χ0) is 19.5. The molecule has 6 nitrogen and oxygen atoms in total. The van der Waals surface area contributed by atoms with E-state index in [0.29, 0.717) is 36.3 Å². The third-order valence-electron chi connectivity index (χ3n) is 5.04. The number of phenols is 1. The molecule has 2 fully saturated rings. The fraction of sp³-hybridized carbons (Fsp3) is 0.409. The highest BCUT2D eigenvalue weighted by molar-refractivity contribution is 5.97. The van der Waals surface area contributed by atoms with Crippen LogP contribution in [0.5, 0.6) is 17.2 Å². The lowest BCUT2D eigenvalue weighted by Gasteiger charge is -2.39. The van der Waals surface area contributed by atoms with Crippen LogP contribution < -0.4 is 14.8 Å². The molecule has 1 amide bonds. The van der Waals surface area contributed by atoms with Crippen molar-refractivity contribution < 1.29 is 19.4 Å². The van der Waals surface area contributed by atoms with Gasteiger partial charge in [0.25, 0.3) is 5.91 Å². The summed E-state index contributed by atoms with van der Waals surface area (Å²) in [5, 5.41) is 13.4. The quantitative estimate of drug-likeness (QED) is 0.735. The van der Waals surface area contributed by atoms with Crippen LogP contribution in [-0.2, 0) is 6.54 Å². The molecule has 2 aromatic carbocycles. The highest BCUT2D eigenvalue weighted by Gasteiger charge is 2.31. The fourth-order valence-electron chi connectivity index (χ4n) is 3.36. The largest absolute Gasteiger partial charge is 0.504 e. The third kappa shape index (κ3) is 4.22. The Morgan fingerprint density at radius 3 is 2.64 bits per heavy atom. The maximum absolute atomic E-state index is 12.4. The molecular weight excluding hydrogens is 356 g/mol. The number of rotatable bonds is 8. The molecule has 6 heteroatoms. The van der Waals surface area contributed by atoms with E-state index in [-0.39, 0.29) is 17.8 Å². The molecule has 1 aliphatic carbocycles.